The van der Waals surface area contributed by atoms with E-state index in [9.17, 15) is 0 Å². The van der Waals surface area contributed by atoms with E-state index in [4.69, 9.17) is 21.3 Å². The van der Waals surface area contributed by atoms with Gasteiger partial charge in [0.1, 0.15) is 0 Å². The van der Waals surface area contributed by atoms with Crippen LogP contribution in [0.3, 0.4) is 0 Å². The molecule has 12 aromatic rings. The molecule has 0 bridgehead atoms. The van der Waals surface area contributed by atoms with Crippen molar-refractivity contribution in [3.05, 3.63) is 344 Å². The number of hydrogen-bond acceptors (Lipinski definition) is 4. The first-order chi connectivity index (χ1) is 57.1. The van der Waals surface area contributed by atoms with E-state index in [1.807, 2.05) is 100 Å². The summed E-state index contributed by atoms with van der Waals surface area (Å²) >= 11 is 0. The Bertz CT molecular complexity index is 4000. The minimum Gasteiger partial charge on any atom is -0.668 e. The third-order valence-corrected chi connectivity index (χ3v) is 14.8. The van der Waals surface area contributed by atoms with Crippen LogP contribution < -0.4 is 0 Å². The Morgan fingerprint density at radius 3 is 0.411 bits per heavy atom. The molecule has 0 saturated heterocycles. The minimum absolute atomic E-state index is 0. The SMILES string of the molecule is C[N-]C.C[N-]C.C[N-]C.C[N-]C.C[N-]C.C[N-]C.C[N-]C.C[N-]C.C[N-]C.C[N-]C.C[N-]C.C[N-]C.Cc1cc(C)c([N-]c2cccc3ccc(C)nc23)c(C)c1.Cc1cc(C)c([N-]c2cccc3ccc(C)nc23)c(C)c1.Cc1cc(C)c([N-]c2cccc3ccc(C)nc23)c(C)c1.Cc1cc(C)c([N-]c2cccc3ccc(C)nc23)c(C)c1.[Ti+4].[Ti+4].[Ti+4].[Ti+4]. The van der Waals surface area contributed by atoms with Gasteiger partial charge >= 0.3 is 86.9 Å². The second-order valence-electron chi connectivity index (χ2n) is 28.0. The fourth-order valence-corrected chi connectivity index (χ4v) is 11.2. The van der Waals surface area contributed by atoms with Gasteiger partial charge in [0.25, 0.3) is 0 Å². The molecule has 0 saturated carbocycles. The number of aryl methyl sites for hydroxylation is 16. The van der Waals surface area contributed by atoms with Crippen molar-refractivity contribution in [3.63, 3.8) is 0 Å². The van der Waals surface area contributed by atoms with Gasteiger partial charge in [-0.25, -0.2) is 0 Å². The smallest absolute Gasteiger partial charge is 0.668 e. The van der Waals surface area contributed by atoms with Crippen LogP contribution in [0.25, 0.3) is 129 Å². The second-order valence-corrected chi connectivity index (χ2v) is 28.0. The topological polar surface area (TPSA) is 277 Å². The van der Waals surface area contributed by atoms with Gasteiger partial charge in [-0.15, -0.1) is 45.5 Å². The molecule has 0 atom stereocenters. The molecular formula is C100H148N20Ti4. The summed E-state index contributed by atoms with van der Waals surface area (Å²) in [5.41, 5.74) is 30.6. The van der Waals surface area contributed by atoms with E-state index in [2.05, 4.69) is 264 Å². The first kappa shape index (κ1) is 132. The molecule has 0 radical (unpaired) electrons. The van der Waals surface area contributed by atoms with Gasteiger partial charge in [-0.3, -0.25) is 19.9 Å². The Morgan fingerprint density at radius 2 is 0.290 bits per heavy atom. The number of aromatic nitrogens is 4. The normalized spacial score (nSPS) is 9.10. The Kier molecular flexibility index (Phi) is 87.3. The zero-order valence-corrected chi connectivity index (χ0v) is 89.4. The number of nitrogens with zero attached hydrogens (tertiary/aromatic N) is 20. The van der Waals surface area contributed by atoms with E-state index in [1.54, 1.807) is 169 Å². The van der Waals surface area contributed by atoms with E-state index < -0.39 is 0 Å². The Balaban J connectivity index is -0.000000211. The van der Waals surface area contributed by atoms with Gasteiger partial charge in [-0.2, -0.15) is 169 Å². The molecule has 0 unspecified atom stereocenters. The van der Waals surface area contributed by atoms with E-state index in [1.165, 1.54) is 66.8 Å². The zero-order valence-electron chi connectivity index (χ0n) is 83.1. The fourth-order valence-electron chi connectivity index (χ4n) is 11.2. The van der Waals surface area contributed by atoms with E-state index in [0.29, 0.717) is 0 Å². The molecule has 0 fully saturated rings. The number of pyridine rings is 4. The number of benzene rings is 8. The molecule has 4 aromatic heterocycles. The molecule has 12 rings (SSSR count). The van der Waals surface area contributed by atoms with Gasteiger partial charge in [-0.1, -0.05) is 212 Å². The summed E-state index contributed by atoms with van der Waals surface area (Å²) in [7, 11) is 42.0. The largest absolute Gasteiger partial charge is 4.00 e. The summed E-state index contributed by atoms with van der Waals surface area (Å²) in [5, 5.41) is 66.1. The monoisotopic (exact) mass is 1820 g/mol. The summed E-state index contributed by atoms with van der Waals surface area (Å²) in [6.07, 6.45) is 0. The molecule has 0 aliphatic rings. The van der Waals surface area contributed by atoms with Gasteiger partial charge in [-0.05, 0) is 157 Å². The zero-order chi connectivity index (χ0) is 92.4. The number of hydrogen-bond donors (Lipinski definition) is 0. The maximum atomic E-state index is 4.89. The molecule has 4 heterocycles. The van der Waals surface area contributed by atoms with Crippen molar-refractivity contribution in [1.29, 1.82) is 0 Å². The van der Waals surface area contributed by atoms with Crippen molar-refractivity contribution in [2.75, 3.05) is 169 Å². The van der Waals surface area contributed by atoms with Crippen LogP contribution in [0.1, 0.15) is 89.5 Å². The fraction of sp³-hybridized carbons (Fsp3) is 0.400. The van der Waals surface area contributed by atoms with Gasteiger partial charge in [0.15, 0.2) is 0 Å². The van der Waals surface area contributed by atoms with Crippen LogP contribution in [-0.2, 0) is 86.9 Å². The maximum absolute atomic E-state index is 4.89. The van der Waals surface area contributed by atoms with E-state index in [-0.39, 0.29) is 86.9 Å². The summed E-state index contributed by atoms with van der Waals surface area (Å²) < 4.78 is 0. The van der Waals surface area contributed by atoms with Gasteiger partial charge in [0, 0.05) is 22.8 Å². The van der Waals surface area contributed by atoms with Crippen LogP contribution in [0.15, 0.2) is 170 Å². The van der Waals surface area contributed by atoms with Crippen LogP contribution in [0.2, 0.25) is 0 Å². The van der Waals surface area contributed by atoms with E-state index >= 15 is 0 Å². The number of para-hydroxylation sites is 4. The molecule has 20 nitrogen and oxygen atoms in total. The van der Waals surface area contributed by atoms with Crippen LogP contribution in [0, 0.1) is 111 Å². The second kappa shape index (κ2) is 81.7. The van der Waals surface area contributed by atoms with Crippen LogP contribution >= 0.6 is 0 Å². The Hall–Kier alpha value is -7.02. The predicted molar refractivity (Wildman–Crippen MR) is 542 cm³/mol. The molecule has 0 amide bonds. The standard InChI is InChI=1S/4C19H19N2.12C2H6N.4Ti/c4*1-12-10-13(2)18(14(3)11-12)21-17-7-5-6-16-9-8-15(4)20-19(16)17;12*1-3-2;;;;/h4*5-11H,1-4H3;12*1-2H3;;;;/q16*-1;4*+4. The molecular weight excluding hydrogens is 1670 g/mol. The van der Waals surface area contributed by atoms with Crippen LogP contribution in [0.5, 0.6) is 0 Å². The van der Waals surface area contributed by atoms with Crippen molar-refractivity contribution in [3.8, 4) is 0 Å². The number of fused-ring (bicyclic) bond motifs is 4. The molecule has 664 valence electrons. The van der Waals surface area contributed by atoms with Crippen LogP contribution in [0.4, 0.5) is 45.5 Å². The van der Waals surface area contributed by atoms with Crippen molar-refractivity contribution in [1.82, 2.24) is 19.9 Å². The predicted octanol–water partition coefficient (Wildman–Crippen LogP) is 30.6. The molecule has 8 aromatic carbocycles. The summed E-state index contributed by atoms with van der Waals surface area (Å²) in [6.45, 7) is 33.4. The quantitative estimate of drug-likeness (QED) is 0.134. The summed E-state index contributed by atoms with van der Waals surface area (Å²) in [4.78, 5) is 18.6. The molecule has 0 spiro atoms. The molecule has 0 aliphatic carbocycles. The Morgan fingerprint density at radius 1 is 0.169 bits per heavy atom. The average Bonchev–Trinajstić information content (AvgIpc) is 0.816. The minimum atomic E-state index is 0. The van der Waals surface area contributed by atoms with Crippen LogP contribution in [-0.4, -0.2) is 189 Å². The average molecular weight is 1820 g/mol. The summed E-state index contributed by atoms with van der Waals surface area (Å²) in [6, 6.07) is 58.6. The third-order valence-electron chi connectivity index (χ3n) is 14.8. The van der Waals surface area contributed by atoms with Crippen molar-refractivity contribution in [2.45, 2.75) is 111 Å². The maximum Gasteiger partial charge on any atom is 4.00 e. The van der Waals surface area contributed by atoms with E-state index in [0.717, 1.165) is 112 Å². The van der Waals surface area contributed by atoms with Crippen molar-refractivity contribution >= 4 is 89.1 Å². The summed E-state index contributed by atoms with van der Waals surface area (Å²) in [5.74, 6) is 0. The molecule has 124 heavy (non-hydrogen) atoms. The van der Waals surface area contributed by atoms with Gasteiger partial charge < -0.3 is 85.1 Å². The van der Waals surface area contributed by atoms with Gasteiger partial charge in [0.2, 0.25) is 0 Å². The Labute approximate surface area is 813 Å². The third kappa shape index (κ3) is 54.9. The van der Waals surface area contributed by atoms with Gasteiger partial charge in [0.05, 0.1) is 22.1 Å². The first-order valence-electron chi connectivity index (χ1n) is 39.5. The first-order valence-corrected chi connectivity index (χ1v) is 39.5. The molecule has 24 heteroatoms. The van der Waals surface area contributed by atoms with Crippen molar-refractivity contribution in [2.24, 2.45) is 0 Å². The molecule has 0 aliphatic heterocycles. The van der Waals surface area contributed by atoms with Crippen molar-refractivity contribution < 1.29 is 86.9 Å². The molecule has 0 N–H and O–H groups in total. The number of rotatable bonds is 8.